The summed E-state index contributed by atoms with van der Waals surface area (Å²) in [6, 6.07) is -0.0586. The van der Waals surface area contributed by atoms with E-state index in [0.29, 0.717) is 6.42 Å². The lowest BCUT2D eigenvalue weighted by molar-refractivity contribution is -0.0677. The molecule has 1 fully saturated rings. The van der Waals surface area contributed by atoms with Crippen LogP contribution in [0.5, 0.6) is 0 Å². The number of rotatable bonds is 6. The van der Waals surface area contributed by atoms with Crippen LogP contribution < -0.4 is 5.73 Å². The van der Waals surface area contributed by atoms with Gasteiger partial charge in [0.25, 0.3) is 0 Å². The average Bonchev–Trinajstić information content (AvgIpc) is 2.28. The van der Waals surface area contributed by atoms with Crippen LogP contribution in [0.4, 0.5) is 0 Å². The zero-order chi connectivity index (χ0) is 13.8. The number of nitrogens with two attached hydrogens (primary N) is 1. The highest BCUT2D eigenvalue weighted by Crippen LogP contribution is 2.37. The lowest BCUT2D eigenvalue weighted by atomic mass is 9.74. The summed E-state index contributed by atoms with van der Waals surface area (Å²) < 4.78 is 27.9. The second kappa shape index (κ2) is 6.35. The molecule has 0 bridgehead atoms. The van der Waals surface area contributed by atoms with Crippen LogP contribution in [0.1, 0.15) is 45.4 Å². The maximum Gasteiger partial charge on any atom is 0.147 e. The van der Waals surface area contributed by atoms with Crippen LogP contribution in [0, 0.1) is 5.92 Å². The third-order valence-corrected chi connectivity index (χ3v) is 5.26. The standard InChI is InChI=1S/C13H27NO3S/c1-11-6-8-13(17-2,9-7-11)12(14)5-4-10-18(3,15)16/h11-12H,4-10,14H2,1-3H3. The molecule has 0 spiro atoms. The average molecular weight is 277 g/mol. The summed E-state index contributed by atoms with van der Waals surface area (Å²) in [4.78, 5) is 0. The Balaban J connectivity index is 2.49. The first kappa shape index (κ1) is 15.9. The van der Waals surface area contributed by atoms with Crippen LogP contribution in [-0.4, -0.2) is 39.2 Å². The van der Waals surface area contributed by atoms with Crippen molar-refractivity contribution in [3.63, 3.8) is 0 Å². The minimum absolute atomic E-state index is 0.0586. The summed E-state index contributed by atoms with van der Waals surface area (Å²) >= 11 is 0. The number of hydrogen-bond acceptors (Lipinski definition) is 4. The second-order valence-electron chi connectivity index (χ2n) is 5.83. The van der Waals surface area contributed by atoms with Gasteiger partial charge in [-0.15, -0.1) is 0 Å². The predicted octanol–water partition coefficient (Wildman–Crippen LogP) is 1.73. The molecule has 0 heterocycles. The van der Waals surface area contributed by atoms with E-state index in [4.69, 9.17) is 10.5 Å². The SMILES string of the molecule is COC1(C(N)CCCS(C)(=O)=O)CCC(C)CC1. The van der Waals surface area contributed by atoms with E-state index >= 15 is 0 Å². The van der Waals surface area contributed by atoms with Crippen LogP contribution in [0.25, 0.3) is 0 Å². The van der Waals surface area contributed by atoms with Crippen molar-refractivity contribution < 1.29 is 13.2 Å². The molecule has 0 amide bonds. The van der Waals surface area contributed by atoms with Gasteiger partial charge in [-0.3, -0.25) is 0 Å². The predicted molar refractivity (Wildman–Crippen MR) is 74.3 cm³/mol. The monoisotopic (exact) mass is 277 g/mol. The smallest absolute Gasteiger partial charge is 0.147 e. The fourth-order valence-electron chi connectivity index (χ4n) is 2.81. The molecule has 4 nitrogen and oxygen atoms in total. The lowest BCUT2D eigenvalue weighted by Crippen LogP contribution is -2.51. The highest BCUT2D eigenvalue weighted by molar-refractivity contribution is 7.90. The molecule has 1 aliphatic rings. The summed E-state index contributed by atoms with van der Waals surface area (Å²) in [5, 5.41) is 0. The molecule has 0 saturated heterocycles. The van der Waals surface area contributed by atoms with Crippen molar-refractivity contribution >= 4 is 9.84 Å². The van der Waals surface area contributed by atoms with Gasteiger partial charge in [0, 0.05) is 25.2 Å². The number of ether oxygens (including phenoxy) is 1. The Bertz CT molecular complexity index is 345. The van der Waals surface area contributed by atoms with Gasteiger partial charge in [0.1, 0.15) is 9.84 Å². The minimum atomic E-state index is -2.88. The summed E-state index contributed by atoms with van der Waals surface area (Å²) in [5.41, 5.74) is 6.02. The van der Waals surface area contributed by atoms with Gasteiger partial charge in [0.05, 0.1) is 5.60 Å². The van der Waals surface area contributed by atoms with E-state index in [1.807, 2.05) is 0 Å². The zero-order valence-electron chi connectivity index (χ0n) is 11.8. The molecular weight excluding hydrogens is 250 g/mol. The molecule has 2 N–H and O–H groups in total. The van der Waals surface area contributed by atoms with Crippen LogP contribution in [-0.2, 0) is 14.6 Å². The normalized spacial score (nSPS) is 31.2. The van der Waals surface area contributed by atoms with Crippen LogP contribution >= 0.6 is 0 Å². The molecule has 1 atom stereocenters. The molecule has 0 aliphatic heterocycles. The minimum Gasteiger partial charge on any atom is -0.377 e. The number of sulfone groups is 1. The fourth-order valence-corrected chi connectivity index (χ4v) is 3.50. The first-order valence-corrected chi connectivity index (χ1v) is 8.83. The van der Waals surface area contributed by atoms with E-state index in [9.17, 15) is 8.42 Å². The van der Waals surface area contributed by atoms with E-state index in [2.05, 4.69) is 6.92 Å². The molecule has 0 aromatic heterocycles. The maximum absolute atomic E-state index is 11.1. The van der Waals surface area contributed by atoms with Crippen LogP contribution in [0.15, 0.2) is 0 Å². The lowest BCUT2D eigenvalue weighted by Gasteiger charge is -2.42. The summed E-state index contributed by atoms with van der Waals surface area (Å²) in [5.74, 6) is 0.966. The molecule has 1 aliphatic carbocycles. The van der Waals surface area contributed by atoms with E-state index in [-0.39, 0.29) is 17.4 Å². The van der Waals surface area contributed by atoms with Crippen molar-refractivity contribution in [1.82, 2.24) is 0 Å². The Morgan fingerprint density at radius 1 is 1.39 bits per heavy atom. The fraction of sp³-hybridized carbons (Fsp3) is 1.00. The van der Waals surface area contributed by atoms with E-state index in [1.165, 1.54) is 6.26 Å². The molecular formula is C13H27NO3S. The van der Waals surface area contributed by atoms with E-state index in [1.54, 1.807) is 7.11 Å². The molecule has 0 aromatic rings. The molecule has 5 heteroatoms. The Labute approximate surface area is 111 Å². The van der Waals surface area contributed by atoms with Crippen LogP contribution in [0.3, 0.4) is 0 Å². The van der Waals surface area contributed by atoms with Gasteiger partial charge >= 0.3 is 0 Å². The van der Waals surface area contributed by atoms with Gasteiger partial charge in [-0.1, -0.05) is 6.92 Å². The number of methoxy groups -OCH3 is 1. The van der Waals surface area contributed by atoms with Gasteiger partial charge in [-0.2, -0.15) is 0 Å². The first-order valence-electron chi connectivity index (χ1n) is 6.77. The van der Waals surface area contributed by atoms with Gasteiger partial charge in [0.15, 0.2) is 0 Å². The molecule has 1 rings (SSSR count). The van der Waals surface area contributed by atoms with Gasteiger partial charge in [-0.25, -0.2) is 8.42 Å². The van der Waals surface area contributed by atoms with Crippen molar-refractivity contribution in [2.75, 3.05) is 19.1 Å². The quantitative estimate of drug-likeness (QED) is 0.803. The molecule has 1 unspecified atom stereocenters. The second-order valence-corrected chi connectivity index (χ2v) is 8.09. The summed E-state index contributed by atoms with van der Waals surface area (Å²) in [6.45, 7) is 2.26. The summed E-state index contributed by atoms with van der Waals surface area (Å²) in [6.07, 6.45) is 6.89. The Morgan fingerprint density at radius 3 is 2.39 bits per heavy atom. The van der Waals surface area contributed by atoms with E-state index in [0.717, 1.165) is 38.0 Å². The highest BCUT2D eigenvalue weighted by Gasteiger charge is 2.39. The Kier molecular flexibility index (Phi) is 5.62. The topological polar surface area (TPSA) is 69.4 Å². The molecule has 108 valence electrons. The largest absolute Gasteiger partial charge is 0.377 e. The van der Waals surface area contributed by atoms with Gasteiger partial charge < -0.3 is 10.5 Å². The molecule has 0 radical (unpaired) electrons. The third kappa shape index (κ3) is 4.52. The first-order chi connectivity index (χ1) is 8.29. The molecule has 1 saturated carbocycles. The van der Waals surface area contributed by atoms with Crippen molar-refractivity contribution in [1.29, 1.82) is 0 Å². The highest BCUT2D eigenvalue weighted by atomic mass is 32.2. The van der Waals surface area contributed by atoms with Crippen molar-refractivity contribution in [3.05, 3.63) is 0 Å². The van der Waals surface area contributed by atoms with E-state index < -0.39 is 9.84 Å². The zero-order valence-corrected chi connectivity index (χ0v) is 12.6. The van der Waals surface area contributed by atoms with Crippen molar-refractivity contribution in [2.45, 2.75) is 57.1 Å². The van der Waals surface area contributed by atoms with Crippen molar-refractivity contribution in [2.24, 2.45) is 11.7 Å². The summed E-state index contributed by atoms with van der Waals surface area (Å²) in [7, 11) is -1.15. The van der Waals surface area contributed by atoms with Crippen molar-refractivity contribution in [3.8, 4) is 0 Å². The molecule has 18 heavy (non-hydrogen) atoms. The van der Waals surface area contributed by atoms with Gasteiger partial charge in [0.2, 0.25) is 0 Å². The maximum atomic E-state index is 11.1. The van der Waals surface area contributed by atoms with Crippen LogP contribution in [0.2, 0.25) is 0 Å². The Hall–Kier alpha value is -0.130. The van der Waals surface area contributed by atoms with Gasteiger partial charge in [-0.05, 0) is 44.4 Å². The Morgan fingerprint density at radius 2 is 1.94 bits per heavy atom. The molecule has 0 aromatic carbocycles. The third-order valence-electron chi connectivity index (χ3n) is 4.23. The number of hydrogen-bond donors (Lipinski definition) is 1.